The lowest BCUT2D eigenvalue weighted by Crippen LogP contribution is -2.43. The first kappa shape index (κ1) is 23.9. The number of hydrogen-bond acceptors (Lipinski definition) is 4. The van der Waals surface area contributed by atoms with Gasteiger partial charge in [0.05, 0.1) is 22.3 Å². The van der Waals surface area contributed by atoms with E-state index < -0.39 is 0 Å². The molecule has 0 spiro atoms. The molecule has 27 heavy (non-hydrogen) atoms. The van der Waals surface area contributed by atoms with Crippen molar-refractivity contribution in [2.75, 3.05) is 26.2 Å². The number of rotatable bonds is 4. The van der Waals surface area contributed by atoms with Gasteiger partial charge in [0.25, 0.3) is 5.91 Å². The number of piperazine rings is 1. The first-order valence-electron chi connectivity index (χ1n) is 9.62. The number of nitrogens with zero attached hydrogens (tertiary/aromatic N) is 1. The Morgan fingerprint density at radius 2 is 1.85 bits per heavy atom. The molecule has 1 aliphatic carbocycles. The van der Waals surface area contributed by atoms with Gasteiger partial charge in [-0.25, -0.2) is 0 Å². The molecule has 6 heteroatoms. The first-order chi connectivity index (χ1) is 12.2. The molecule has 154 valence electrons. The molecule has 2 aliphatic rings. The van der Waals surface area contributed by atoms with E-state index in [9.17, 15) is 4.79 Å². The average Bonchev–Trinajstić information content (AvgIpc) is 2.62. The minimum absolute atomic E-state index is 0. The van der Waals surface area contributed by atoms with Crippen LogP contribution in [0.5, 0.6) is 0 Å². The Morgan fingerprint density at radius 3 is 2.52 bits per heavy atom. The number of nitrogens with one attached hydrogen (secondary N) is 3. The van der Waals surface area contributed by atoms with Crippen LogP contribution in [0.1, 0.15) is 81.9 Å². The summed E-state index contributed by atoms with van der Waals surface area (Å²) in [5, 5.41) is 10.3. The number of aromatic nitrogens is 1. The summed E-state index contributed by atoms with van der Waals surface area (Å²) in [5.74, 6) is 0.507. The zero-order valence-corrected chi connectivity index (χ0v) is 15.6. The van der Waals surface area contributed by atoms with Crippen molar-refractivity contribution < 1.29 is 4.79 Å². The van der Waals surface area contributed by atoms with Gasteiger partial charge in [-0.05, 0) is 24.8 Å². The van der Waals surface area contributed by atoms with E-state index in [2.05, 4.69) is 20.9 Å². The third kappa shape index (κ3) is 7.05. The number of halogens is 1. The Kier molecular flexibility index (Phi) is 10.9. The zero-order chi connectivity index (χ0) is 17.5. The highest BCUT2D eigenvalue weighted by molar-refractivity contribution is 6.33. The third-order valence-corrected chi connectivity index (χ3v) is 5.60. The van der Waals surface area contributed by atoms with Gasteiger partial charge in [-0.15, -0.1) is 0 Å². The van der Waals surface area contributed by atoms with Gasteiger partial charge >= 0.3 is 0 Å². The van der Waals surface area contributed by atoms with Crippen molar-refractivity contribution in [2.24, 2.45) is 5.92 Å². The normalized spacial score (nSPS) is 21.1. The van der Waals surface area contributed by atoms with Gasteiger partial charge < -0.3 is 16.0 Å². The van der Waals surface area contributed by atoms with E-state index in [1.165, 1.54) is 44.9 Å². The maximum atomic E-state index is 12.6. The predicted molar refractivity (Wildman–Crippen MR) is 114 cm³/mol. The van der Waals surface area contributed by atoms with Crippen LogP contribution in [-0.2, 0) is 0 Å². The molecule has 1 amide bonds. The second-order valence-corrected chi connectivity index (χ2v) is 7.63. The number of carbonyl (C=O) groups is 1. The maximum Gasteiger partial charge on any atom is 0.252 e. The molecule has 1 unspecified atom stereocenters. The monoisotopic (exact) mass is 396 g/mol. The lowest BCUT2D eigenvalue weighted by atomic mass is 9.91. The Balaban J connectivity index is 0.00000182. The van der Waals surface area contributed by atoms with Gasteiger partial charge in [0.1, 0.15) is 0 Å². The molecule has 3 N–H and O–H groups in total. The second-order valence-electron chi connectivity index (χ2n) is 7.22. The van der Waals surface area contributed by atoms with E-state index in [0.717, 1.165) is 31.9 Å². The fourth-order valence-corrected chi connectivity index (χ4v) is 3.95. The molecule has 1 saturated heterocycles. The summed E-state index contributed by atoms with van der Waals surface area (Å²) in [6.07, 6.45) is 10.6. The van der Waals surface area contributed by atoms with E-state index >= 15 is 0 Å². The van der Waals surface area contributed by atoms with Crippen LogP contribution in [0.3, 0.4) is 0 Å². The van der Waals surface area contributed by atoms with E-state index in [4.69, 9.17) is 11.6 Å². The van der Waals surface area contributed by atoms with Gasteiger partial charge in [-0.1, -0.05) is 58.6 Å². The van der Waals surface area contributed by atoms with Crippen molar-refractivity contribution in [3.63, 3.8) is 0 Å². The van der Waals surface area contributed by atoms with Gasteiger partial charge in [-0.3, -0.25) is 9.78 Å². The van der Waals surface area contributed by atoms with Crippen LogP contribution in [0.15, 0.2) is 12.3 Å². The highest BCUT2D eigenvalue weighted by Gasteiger charge is 2.20. The Hall–Kier alpha value is -1.17. The molecule has 1 aliphatic heterocycles. The molecular weight excluding hydrogens is 360 g/mol. The van der Waals surface area contributed by atoms with Crippen LogP contribution in [-0.4, -0.2) is 37.1 Å². The third-order valence-electron chi connectivity index (χ3n) is 5.30. The summed E-state index contributed by atoms with van der Waals surface area (Å²) >= 11 is 6.24. The van der Waals surface area contributed by atoms with Crippen LogP contribution < -0.4 is 16.0 Å². The Labute approximate surface area is 170 Å². The minimum atomic E-state index is -0.0838. The largest absolute Gasteiger partial charge is 0.352 e. The van der Waals surface area contributed by atoms with Crippen LogP contribution in [0.2, 0.25) is 5.02 Å². The summed E-state index contributed by atoms with van der Waals surface area (Å²) in [6, 6.07) is 1.96. The fraction of sp³-hybridized carbons (Fsp3) is 0.714. The highest BCUT2D eigenvalue weighted by atomic mass is 35.5. The number of hydrogen-bond donors (Lipinski definition) is 3. The summed E-state index contributed by atoms with van der Waals surface area (Å²) < 4.78 is 0. The Morgan fingerprint density at radius 1 is 1.15 bits per heavy atom. The summed E-state index contributed by atoms with van der Waals surface area (Å²) in [4.78, 5) is 17.0. The SMILES string of the molecule is C.C.O=C(NCC1CCCCCCC1)c1cc(C2CNCCN2)ncc1Cl. The minimum Gasteiger partial charge on any atom is -0.352 e. The highest BCUT2D eigenvalue weighted by Crippen LogP contribution is 2.23. The molecule has 1 saturated carbocycles. The van der Waals surface area contributed by atoms with E-state index in [-0.39, 0.29) is 26.8 Å². The summed E-state index contributed by atoms with van der Waals surface area (Å²) in [5.41, 5.74) is 1.40. The molecule has 1 atom stereocenters. The first-order valence-corrected chi connectivity index (χ1v) is 9.99. The molecule has 2 heterocycles. The summed E-state index contributed by atoms with van der Waals surface area (Å²) in [7, 11) is 0. The number of carbonyl (C=O) groups excluding carboxylic acids is 1. The smallest absolute Gasteiger partial charge is 0.252 e. The molecular formula is C21H37ClN4O. The van der Waals surface area contributed by atoms with E-state index in [1.54, 1.807) is 6.20 Å². The lowest BCUT2D eigenvalue weighted by Gasteiger charge is -2.24. The molecule has 1 aromatic rings. The van der Waals surface area contributed by atoms with Crippen molar-refractivity contribution in [1.29, 1.82) is 0 Å². The average molecular weight is 397 g/mol. The zero-order valence-electron chi connectivity index (χ0n) is 14.8. The maximum absolute atomic E-state index is 12.6. The molecule has 1 aromatic heterocycles. The molecule has 2 fully saturated rings. The van der Waals surface area contributed by atoms with Gasteiger partial charge in [0.15, 0.2) is 0 Å². The molecule has 5 nitrogen and oxygen atoms in total. The standard InChI is InChI=1S/C19H29ClN4O.2CH4/c20-16-12-23-17(18-13-21-8-9-22-18)10-15(16)19(25)24-11-14-6-4-2-1-3-5-7-14;;/h10,12,14,18,21-22H,1-9,11,13H2,(H,24,25);2*1H4. The lowest BCUT2D eigenvalue weighted by molar-refractivity contribution is 0.0944. The summed E-state index contributed by atoms with van der Waals surface area (Å²) in [6.45, 7) is 3.42. The number of amides is 1. The Bertz CT molecular complexity index is 567. The van der Waals surface area contributed by atoms with Gasteiger partial charge in [-0.2, -0.15) is 0 Å². The van der Waals surface area contributed by atoms with Crippen LogP contribution >= 0.6 is 11.6 Å². The van der Waals surface area contributed by atoms with Gasteiger partial charge in [0, 0.05) is 32.4 Å². The number of pyridine rings is 1. The molecule has 0 radical (unpaired) electrons. The van der Waals surface area contributed by atoms with E-state index in [0.29, 0.717) is 16.5 Å². The van der Waals surface area contributed by atoms with Crippen molar-refractivity contribution in [3.05, 3.63) is 28.5 Å². The molecule has 3 rings (SSSR count). The molecule has 0 aromatic carbocycles. The van der Waals surface area contributed by atoms with Crippen molar-refractivity contribution in [1.82, 2.24) is 20.9 Å². The van der Waals surface area contributed by atoms with Crippen molar-refractivity contribution in [2.45, 2.75) is 65.8 Å². The van der Waals surface area contributed by atoms with Crippen molar-refractivity contribution >= 4 is 17.5 Å². The fourth-order valence-electron chi connectivity index (χ4n) is 3.76. The van der Waals surface area contributed by atoms with Crippen molar-refractivity contribution in [3.8, 4) is 0 Å². The molecule has 0 bridgehead atoms. The quantitative estimate of drug-likeness (QED) is 0.708. The van der Waals surface area contributed by atoms with Crippen LogP contribution in [0.4, 0.5) is 0 Å². The predicted octanol–water partition coefficient (Wildman–Crippen LogP) is 4.33. The van der Waals surface area contributed by atoms with Crippen LogP contribution in [0, 0.1) is 5.92 Å². The van der Waals surface area contributed by atoms with Gasteiger partial charge in [0.2, 0.25) is 0 Å². The second kappa shape index (κ2) is 12.3. The van der Waals surface area contributed by atoms with E-state index in [1.807, 2.05) is 6.07 Å². The topological polar surface area (TPSA) is 66.1 Å². The van der Waals surface area contributed by atoms with Crippen LogP contribution in [0.25, 0.3) is 0 Å².